The molecule has 19 heavy (non-hydrogen) atoms. The van der Waals surface area contributed by atoms with Gasteiger partial charge in [-0.05, 0) is 42.2 Å². The van der Waals surface area contributed by atoms with Crippen LogP contribution in [0.5, 0.6) is 0 Å². The molecule has 0 aromatic carbocycles. The predicted molar refractivity (Wildman–Crippen MR) is 82.3 cm³/mol. The predicted octanol–water partition coefficient (Wildman–Crippen LogP) is 4.58. The molecule has 2 nitrogen and oxygen atoms in total. The van der Waals surface area contributed by atoms with Crippen LogP contribution in [0.2, 0.25) is 5.15 Å². The molecule has 2 rings (SSSR count). The number of aryl methyl sites for hydroxylation is 2. The summed E-state index contributed by atoms with van der Waals surface area (Å²) in [5, 5.41) is 0.562. The van der Waals surface area contributed by atoms with Crippen molar-refractivity contribution in [3.63, 3.8) is 0 Å². The molecule has 0 saturated heterocycles. The van der Waals surface area contributed by atoms with Crippen LogP contribution in [0, 0.1) is 0 Å². The fraction of sp³-hybridized carbons (Fsp3) is 0.250. The van der Waals surface area contributed by atoms with Gasteiger partial charge >= 0.3 is 0 Å². The van der Waals surface area contributed by atoms with Crippen molar-refractivity contribution in [1.82, 2.24) is 9.97 Å². The van der Waals surface area contributed by atoms with Gasteiger partial charge in [-0.1, -0.05) is 44.2 Å². The molecule has 0 unspecified atom stereocenters. The summed E-state index contributed by atoms with van der Waals surface area (Å²) in [7, 11) is 0. The summed E-state index contributed by atoms with van der Waals surface area (Å²) >= 11 is 5.56. The molecule has 2 aromatic heterocycles. The first-order chi connectivity index (χ1) is 9.19. The molecule has 0 amide bonds. The van der Waals surface area contributed by atoms with E-state index in [1.54, 1.807) is 18.3 Å². The fourth-order valence-corrected chi connectivity index (χ4v) is 1.49. The van der Waals surface area contributed by atoms with E-state index in [9.17, 15) is 0 Å². The van der Waals surface area contributed by atoms with Gasteiger partial charge < -0.3 is 0 Å². The van der Waals surface area contributed by atoms with Gasteiger partial charge in [-0.3, -0.25) is 4.98 Å². The van der Waals surface area contributed by atoms with Gasteiger partial charge in [-0.15, -0.1) is 0 Å². The molecule has 0 saturated carbocycles. The first-order valence-electron chi connectivity index (χ1n) is 6.37. The molecule has 2 aromatic rings. The van der Waals surface area contributed by atoms with E-state index in [0.717, 1.165) is 18.5 Å². The molecular weight excluding hydrogens is 256 g/mol. The van der Waals surface area contributed by atoms with Gasteiger partial charge in [0.2, 0.25) is 0 Å². The summed E-state index contributed by atoms with van der Waals surface area (Å²) in [6.45, 7) is 7.83. The smallest absolute Gasteiger partial charge is 0.129 e. The minimum absolute atomic E-state index is 0.562. The Morgan fingerprint density at radius 3 is 1.95 bits per heavy atom. The summed E-state index contributed by atoms with van der Waals surface area (Å²) in [4.78, 5) is 8.07. The lowest BCUT2D eigenvalue weighted by Gasteiger charge is -1.94. The zero-order valence-corrected chi connectivity index (χ0v) is 12.2. The van der Waals surface area contributed by atoms with Crippen molar-refractivity contribution >= 4 is 17.7 Å². The molecular formula is C16H19ClN2. The zero-order valence-electron chi connectivity index (χ0n) is 11.4. The molecule has 0 bridgehead atoms. The van der Waals surface area contributed by atoms with Crippen LogP contribution in [0.15, 0.2) is 43.2 Å². The molecule has 0 fully saturated rings. The molecule has 0 atom stereocenters. The molecule has 0 aliphatic heterocycles. The van der Waals surface area contributed by atoms with Gasteiger partial charge in [0.25, 0.3) is 0 Å². The number of hydrogen-bond acceptors (Lipinski definition) is 2. The maximum absolute atomic E-state index is 5.56. The highest BCUT2D eigenvalue weighted by molar-refractivity contribution is 6.29. The Morgan fingerprint density at radius 2 is 1.58 bits per heavy atom. The lowest BCUT2D eigenvalue weighted by molar-refractivity contribution is 1.10. The Bertz CT molecular complexity index is 489. The topological polar surface area (TPSA) is 25.8 Å². The van der Waals surface area contributed by atoms with E-state index in [2.05, 4.69) is 36.5 Å². The Hall–Kier alpha value is -1.67. The second-order valence-corrected chi connectivity index (χ2v) is 4.38. The van der Waals surface area contributed by atoms with Crippen molar-refractivity contribution < 1.29 is 0 Å². The van der Waals surface area contributed by atoms with Crippen molar-refractivity contribution in [2.24, 2.45) is 0 Å². The van der Waals surface area contributed by atoms with Gasteiger partial charge in [-0.25, -0.2) is 4.98 Å². The van der Waals surface area contributed by atoms with Crippen molar-refractivity contribution in [3.05, 3.63) is 65.2 Å². The van der Waals surface area contributed by atoms with Crippen LogP contribution in [0.25, 0.3) is 6.08 Å². The monoisotopic (exact) mass is 274 g/mol. The molecule has 0 aliphatic rings. The number of rotatable bonds is 3. The minimum atomic E-state index is 0.562. The summed E-state index contributed by atoms with van der Waals surface area (Å²) in [6, 6.07) is 7.84. The Morgan fingerprint density at radius 1 is 1.00 bits per heavy atom. The van der Waals surface area contributed by atoms with Crippen LogP contribution in [0.3, 0.4) is 0 Å². The van der Waals surface area contributed by atoms with E-state index in [0.29, 0.717) is 5.15 Å². The lowest BCUT2D eigenvalue weighted by atomic mass is 10.2. The van der Waals surface area contributed by atoms with Gasteiger partial charge in [0.1, 0.15) is 5.15 Å². The van der Waals surface area contributed by atoms with Crippen molar-refractivity contribution in [1.29, 1.82) is 0 Å². The Kier molecular flexibility index (Phi) is 6.83. The van der Waals surface area contributed by atoms with Crippen LogP contribution in [-0.4, -0.2) is 9.97 Å². The normalized spacial score (nSPS) is 9.42. The van der Waals surface area contributed by atoms with Gasteiger partial charge in [0, 0.05) is 12.4 Å². The number of aromatic nitrogens is 2. The second-order valence-electron chi connectivity index (χ2n) is 3.99. The highest BCUT2D eigenvalue weighted by atomic mass is 35.5. The van der Waals surface area contributed by atoms with E-state index >= 15 is 0 Å². The van der Waals surface area contributed by atoms with E-state index < -0.39 is 0 Å². The van der Waals surface area contributed by atoms with E-state index in [-0.39, 0.29) is 0 Å². The van der Waals surface area contributed by atoms with Gasteiger partial charge in [-0.2, -0.15) is 0 Å². The second kappa shape index (κ2) is 8.44. The molecule has 100 valence electrons. The standard InChI is InChI=1S/C9H11N.C7H8ClN/c1-3-8-5-6-9(4-2)10-7-8;1-2-6-3-4-7(8)9-5-6/h4-7H,2-3H2,1H3;3-5H,2H2,1H3. The average molecular weight is 275 g/mol. The summed E-state index contributed by atoms with van der Waals surface area (Å²) in [5.74, 6) is 0. The third-order valence-corrected chi connectivity index (χ3v) is 2.89. The van der Waals surface area contributed by atoms with E-state index in [1.165, 1.54) is 11.1 Å². The molecule has 2 heterocycles. The quantitative estimate of drug-likeness (QED) is 0.766. The third kappa shape index (κ3) is 5.66. The molecule has 0 radical (unpaired) electrons. The van der Waals surface area contributed by atoms with E-state index in [4.69, 9.17) is 11.6 Å². The molecule has 0 N–H and O–H groups in total. The fourth-order valence-electron chi connectivity index (χ4n) is 1.38. The zero-order chi connectivity index (χ0) is 14.1. The highest BCUT2D eigenvalue weighted by Crippen LogP contribution is 2.04. The largest absolute Gasteiger partial charge is 0.257 e. The van der Waals surface area contributed by atoms with Crippen molar-refractivity contribution in [3.8, 4) is 0 Å². The number of halogens is 1. The maximum Gasteiger partial charge on any atom is 0.129 e. The Labute approximate surface area is 120 Å². The lowest BCUT2D eigenvalue weighted by Crippen LogP contribution is -1.83. The van der Waals surface area contributed by atoms with Crippen LogP contribution in [0.4, 0.5) is 0 Å². The summed E-state index contributed by atoms with van der Waals surface area (Å²) in [6.07, 6.45) is 7.49. The number of hydrogen-bond donors (Lipinski definition) is 0. The van der Waals surface area contributed by atoms with Gasteiger partial charge in [0.05, 0.1) is 5.69 Å². The molecule has 3 heteroatoms. The van der Waals surface area contributed by atoms with Crippen LogP contribution in [-0.2, 0) is 12.8 Å². The van der Waals surface area contributed by atoms with Crippen LogP contribution in [0.1, 0.15) is 30.7 Å². The maximum atomic E-state index is 5.56. The summed E-state index contributed by atoms with van der Waals surface area (Å²) < 4.78 is 0. The number of pyridine rings is 2. The van der Waals surface area contributed by atoms with Gasteiger partial charge in [0.15, 0.2) is 0 Å². The number of nitrogens with zero attached hydrogens (tertiary/aromatic N) is 2. The van der Waals surface area contributed by atoms with Crippen LogP contribution >= 0.6 is 11.6 Å². The first-order valence-corrected chi connectivity index (χ1v) is 6.75. The third-order valence-electron chi connectivity index (χ3n) is 2.66. The van der Waals surface area contributed by atoms with Crippen molar-refractivity contribution in [2.75, 3.05) is 0 Å². The average Bonchev–Trinajstić information content (AvgIpc) is 2.49. The SMILES string of the molecule is C=Cc1ccc(CC)cn1.CCc1ccc(Cl)nc1. The Balaban J connectivity index is 0.000000191. The first kappa shape index (κ1) is 15.4. The molecule has 0 aliphatic carbocycles. The van der Waals surface area contributed by atoms with Crippen LogP contribution < -0.4 is 0 Å². The van der Waals surface area contributed by atoms with E-state index in [1.807, 2.05) is 18.3 Å². The highest BCUT2D eigenvalue weighted by Gasteiger charge is 1.88. The van der Waals surface area contributed by atoms with Crippen molar-refractivity contribution in [2.45, 2.75) is 26.7 Å². The minimum Gasteiger partial charge on any atom is -0.257 e. The molecule has 0 spiro atoms. The summed E-state index contributed by atoms with van der Waals surface area (Å²) in [5.41, 5.74) is 3.43.